The fourth-order valence-corrected chi connectivity index (χ4v) is 2.02. The van der Waals surface area contributed by atoms with E-state index in [0.29, 0.717) is 5.19 Å². The van der Waals surface area contributed by atoms with E-state index in [4.69, 9.17) is 4.74 Å². The van der Waals surface area contributed by atoms with Gasteiger partial charge in [0.2, 0.25) is 0 Å². The molecule has 0 aliphatic carbocycles. The van der Waals surface area contributed by atoms with Crippen molar-refractivity contribution >= 4 is 11.3 Å². The molecule has 0 unspecified atom stereocenters. The van der Waals surface area contributed by atoms with Crippen molar-refractivity contribution in [3.63, 3.8) is 0 Å². The first kappa shape index (κ1) is 11.1. The van der Waals surface area contributed by atoms with Gasteiger partial charge in [-0.05, 0) is 31.7 Å². The van der Waals surface area contributed by atoms with Crippen LogP contribution >= 0.6 is 11.3 Å². The quantitative estimate of drug-likeness (QED) is 0.883. The summed E-state index contributed by atoms with van der Waals surface area (Å²) < 4.78 is 5.62. The van der Waals surface area contributed by atoms with Gasteiger partial charge in [-0.15, -0.1) is 0 Å². The van der Waals surface area contributed by atoms with E-state index in [1.165, 1.54) is 16.9 Å². The highest BCUT2D eigenvalue weighted by molar-refractivity contribution is 7.11. The van der Waals surface area contributed by atoms with Crippen LogP contribution in [0, 0.1) is 6.92 Å². The molecular weight excluding hydrogens is 220 g/mol. The van der Waals surface area contributed by atoms with E-state index in [2.05, 4.69) is 10.3 Å². The molecule has 0 bridgehead atoms. The van der Waals surface area contributed by atoms with Crippen LogP contribution in [0.2, 0.25) is 0 Å². The molecule has 0 aliphatic rings. The maximum Gasteiger partial charge on any atom is 0.278 e. The van der Waals surface area contributed by atoms with Crippen molar-refractivity contribution in [3.05, 3.63) is 40.9 Å². The normalized spacial score (nSPS) is 10.4. The molecule has 0 aliphatic heterocycles. The molecule has 0 fully saturated rings. The van der Waals surface area contributed by atoms with Gasteiger partial charge in [0.15, 0.2) is 0 Å². The second kappa shape index (κ2) is 5.09. The maximum absolute atomic E-state index is 5.62. The van der Waals surface area contributed by atoms with Crippen LogP contribution in [-0.4, -0.2) is 12.0 Å². The van der Waals surface area contributed by atoms with Gasteiger partial charge in [-0.1, -0.05) is 23.5 Å². The molecule has 84 valence electrons. The molecule has 0 atom stereocenters. The van der Waals surface area contributed by atoms with Crippen molar-refractivity contribution in [2.75, 3.05) is 7.05 Å². The second-order valence-corrected chi connectivity index (χ2v) is 4.35. The summed E-state index contributed by atoms with van der Waals surface area (Å²) in [6.45, 7) is 2.83. The molecule has 0 radical (unpaired) electrons. The number of thiazole rings is 1. The summed E-state index contributed by atoms with van der Waals surface area (Å²) in [5, 5.41) is 5.78. The lowest BCUT2D eigenvalue weighted by Gasteiger charge is -2.03. The monoisotopic (exact) mass is 234 g/mol. The average Bonchev–Trinajstić information content (AvgIpc) is 2.67. The van der Waals surface area contributed by atoms with Gasteiger partial charge in [0, 0.05) is 11.9 Å². The predicted molar refractivity (Wildman–Crippen MR) is 66.1 cm³/mol. The maximum atomic E-state index is 5.62. The molecule has 0 spiro atoms. The Kier molecular flexibility index (Phi) is 3.54. The Morgan fingerprint density at radius 3 is 2.62 bits per heavy atom. The van der Waals surface area contributed by atoms with Crippen molar-refractivity contribution in [2.24, 2.45) is 0 Å². The van der Waals surface area contributed by atoms with E-state index >= 15 is 0 Å². The molecule has 3 nitrogen and oxygen atoms in total. The van der Waals surface area contributed by atoms with Crippen molar-refractivity contribution in [2.45, 2.75) is 13.5 Å². The molecule has 2 rings (SSSR count). The van der Waals surface area contributed by atoms with Crippen LogP contribution in [0.4, 0.5) is 0 Å². The molecule has 0 saturated carbocycles. The van der Waals surface area contributed by atoms with Gasteiger partial charge in [0.1, 0.15) is 5.75 Å². The van der Waals surface area contributed by atoms with Crippen LogP contribution in [0.5, 0.6) is 10.9 Å². The topological polar surface area (TPSA) is 34.1 Å². The molecule has 0 saturated heterocycles. The Hall–Kier alpha value is -1.39. The Morgan fingerprint density at radius 1 is 1.31 bits per heavy atom. The van der Waals surface area contributed by atoms with Crippen LogP contribution in [0.3, 0.4) is 0 Å². The number of ether oxygens (including phenoxy) is 1. The molecule has 2 aromatic rings. The third-order valence-corrected chi connectivity index (χ3v) is 2.94. The van der Waals surface area contributed by atoms with E-state index < -0.39 is 0 Å². The van der Waals surface area contributed by atoms with E-state index in [1.54, 1.807) is 0 Å². The lowest BCUT2D eigenvalue weighted by molar-refractivity contribution is 0.477. The van der Waals surface area contributed by atoms with Crippen LogP contribution in [-0.2, 0) is 6.54 Å². The van der Waals surface area contributed by atoms with Crippen molar-refractivity contribution < 1.29 is 4.74 Å². The molecular formula is C12H14N2OS. The van der Waals surface area contributed by atoms with Gasteiger partial charge in [0.25, 0.3) is 5.19 Å². The predicted octanol–water partition coefficient (Wildman–Crippen LogP) is 2.96. The van der Waals surface area contributed by atoms with Gasteiger partial charge < -0.3 is 10.1 Å². The Balaban J connectivity index is 2.05. The molecule has 16 heavy (non-hydrogen) atoms. The summed E-state index contributed by atoms with van der Waals surface area (Å²) in [5.74, 6) is 0.828. The van der Waals surface area contributed by atoms with Crippen molar-refractivity contribution in [1.82, 2.24) is 10.3 Å². The molecule has 1 heterocycles. The number of hydrogen-bond donors (Lipinski definition) is 1. The van der Waals surface area contributed by atoms with E-state index in [0.717, 1.165) is 18.0 Å². The second-order valence-electron chi connectivity index (χ2n) is 3.53. The van der Waals surface area contributed by atoms with Crippen molar-refractivity contribution in [1.29, 1.82) is 0 Å². The minimum absolute atomic E-state index is 0.693. The van der Waals surface area contributed by atoms with Gasteiger partial charge >= 0.3 is 0 Å². The summed E-state index contributed by atoms with van der Waals surface area (Å²) >= 11 is 1.51. The molecule has 4 heteroatoms. The van der Waals surface area contributed by atoms with E-state index in [9.17, 15) is 0 Å². The number of benzene rings is 1. The first-order valence-corrected chi connectivity index (χ1v) is 5.99. The van der Waals surface area contributed by atoms with Crippen LogP contribution in [0.15, 0.2) is 29.6 Å². The SMILES string of the molecule is CNCc1ccc(Oc2nc(C)cs2)cc1. The largest absolute Gasteiger partial charge is 0.431 e. The zero-order chi connectivity index (χ0) is 11.4. The van der Waals surface area contributed by atoms with E-state index in [-0.39, 0.29) is 0 Å². The van der Waals surface area contributed by atoms with Crippen LogP contribution in [0.25, 0.3) is 0 Å². The smallest absolute Gasteiger partial charge is 0.278 e. The summed E-state index contributed by atoms with van der Waals surface area (Å²) in [6.07, 6.45) is 0. The number of aryl methyl sites for hydroxylation is 1. The Morgan fingerprint density at radius 2 is 2.06 bits per heavy atom. The van der Waals surface area contributed by atoms with E-state index in [1.807, 2.05) is 43.6 Å². The highest BCUT2D eigenvalue weighted by Gasteiger charge is 2.01. The van der Waals surface area contributed by atoms with Gasteiger partial charge in [-0.25, -0.2) is 4.98 Å². The molecule has 1 N–H and O–H groups in total. The lowest BCUT2D eigenvalue weighted by atomic mass is 10.2. The van der Waals surface area contributed by atoms with Gasteiger partial charge in [0.05, 0.1) is 5.69 Å². The fraction of sp³-hybridized carbons (Fsp3) is 0.250. The van der Waals surface area contributed by atoms with Crippen LogP contribution < -0.4 is 10.1 Å². The summed E-state index contributed by atoms with van der Waals surface area (Å²) in [4.78, 5) is 4.25. The fourth-order valence-electron chi connectivity index (χ4n) is 1.36. The third kappa shape index (κ3) is 2.81. The van der Waals surface area contributed by atoms with Gasteiger partial charge in [-0.3, -0.25) is 0 Å². The summed E-state index contributed by atoms with van der Waals surface area (Å²) in [5.41, 5.74) is 2.23. The highest BCUT2D eigenvalue weighted by atomic mass is 32.1. The Bertz CT molecular complexity index is 450. The number of hydrogen-bond acceptors (Lipinski definition) is 4. The number of rotatable bonds is 4. The number of nitrogens with zero attached hydrogens (tertiary/aromatic N) is 1. The zero-order valence-corrected chi connectivity index (χ0v) is 10.2. The number of aromatic nitrogens is 1. The lowest BCUT2D eigenvalue weighted by Crippen LogP contribution is -2.04. The first-order chi connectivity index (χ1) is 7.78. The minimum Gasteiger partial charge on any atom is -0.431 e. The molecule has 1 aromatic carbocycles. The standard InChI is InChI=1S/C12H14N2OS/c1-9-8-16-12(14-9)15-11-5-3-10(4-6-11)7-13-2/h3-6,8,13H,7H2,1-2H3. The molecule has 0 amide bonds. The third-order valence-electron chi connectivity index (χ3n) is 2.11. The van der Waals surface area contributed by atoms with Gasteiger partial charge in [-0.2, -0.15) is 0 Å². The Labute approximate surface area is 99.1 Å². The van der Waals surface area contributed by atoms with Crippen molar-refractivity contribution in [3.8, 4) is 10.9 Å². The summed E-state index contributed by atoms with van der Waals surface area (Å²) in [6, 6.07) is 8.02. The number of nitrogens with one attached hydrogen (secondary N) is 1. The average molecular weight is 234 g/mol. The molecule has 1 aromatic heterocycles. The summed E-state index contributed by atoms with van der Waals surface area (Å²) in [7, 11) is 1.93. The zero-order valence-electron chi connectivity index (χ0n) is 9.36. The first-order valence-electron chi connectivity index (χ1n) is 5.11. The highest BCUT2D eigenvalue weighted by Crippen LogP contribution is 2.24. The van der Waals surface area contributed by atoms with Crippen LogP contribution in [0.1, 0.15) is 11.3 Å². The minimum atomic E-state index is 0.693.